The summed E-state index contributed by atoms with van der Waals surface area (Å²) in [7, 11) is 1.57. The number of primary amides is 1. The van der Waals surface area contributed by atoms with Crippen LogP contribution in [0.25, 0.3) is 11.3 Å². The van der Waals surface area contributed by atoms with Crippen LogP contribution in [0.3, 0.4) is 0 Å². The third-order valence-corrected chi connectivity index (χ3v) is 5.36. The number of aromatic nitrogens is 1. The number of amides is 2. The Hall–Kier alpha value is -2.96. The Labute approximate surface area is 164 Å². The van der Waals surface area contributed by atoms with E-state index in [9.17, 15) is 19.1 Å². The van der Waals surface area contributed by atoms with Crippen LogP contribution in [0.2, 0.25) is 0 Å². The van der Waals surface area contributed by atoms with Crippen molar-refractivity contribution < 1.29 is 23.8 Å². The third kappa shape index (κ3) is 3.83. The lowest BCUT2D eigenvalue weighted by Crippen LogP contribution is -2.35. The fraction of sp³-hybridized carbons (Fsp3) is 0.316. The monoisotopic (exact) mass is 403 g/mol. The molecule has 3 rings (SSSR count). The van der Waals surface area contributed by atoms with E-state index in [1.807, 2.05) is 0 Å². The maximum Gasteiger partial charge on any atom is 0.277 e. The number of nitrogens with zero attached hydrogens (tertiary/aromatic N) is 2. The molecule has 2 aromatic rings. The SMILES string of the molecule is CCN(C)C(=O)[C@H](O)C#Cc1ccc2c(c1)-c1nc(C(N)=O)sc1[C@H](F)CO2. The van der Waals surface area contributed by atoms with Gasteiger partial charge in [-0.05, 0) is 25.1 Å². The first-order valence-electron chi connectivity index (χ1n) is 8.48. The van der Waals surface area contributed by atoms with E-state index in [4.69, 9.17) is 10.5 Å². The number of hydrogen-bond donors (Lipinski definition) is 2. The average Bonchev–Trinajstić information content (AvgIpc) is 3.10. The molecule has 0 spiro atoms. The second-order valence-electron chi connectivity index (χ2n) is 6.11. The molecule has 0 unspecified atom stereocenters. The molecule has 0 saturated carbocycles. The van der Waals surface area contributed by atoms with E-state index in [0.29, 0.717) is 23.4 Å². The molecule has 2 atom stereocenters. The van der Waals surface area contributed by atoms with Crippen LogP contribution in [0.5, 0.6) is 5.75 Å². The number of alkyl halides is 1. The first-order chi connectivity index (χ1) is 13.3. The molecule has 146 valence electrons. The van der Waals surface area contributed by atoms with Gasteiger partial charge in [-0.15, -0.1) is 11.3 Å². The molecular formula is C19H18FN3O4S. The van der Waals surface area contributed by atoms with Gasteiger partial charge in [0.1, 0.15) is 12.4 Å². The van der Waals surface area contributed by atoms with E-state index in [1.165, 1.54) is 4.90 Å². The molecule has 28 heavy (non-hydrogen) atoms. The van der Waals surface area contributed by atoms with Crippen LogP contribution in [0, 0.1) is 11.8 Å². The molecule has 0 aliphatic carbocycles. The van der Waals surface area contributed by atoms with Gasteiger partial charge in [-0.25, -0.2) is 9.37 Å². The number of rotatable bonds is 3. The number of aliphatic hydroxyl groups excluding tert-OH is 1. The molecule has 2 amide bonds. The summed E-state index contributed by atoms with van der Waals surface area (Å²) in [6, 6.07) is 4.85. The molecule has 1 aromatic carbocycles. The largest absolute Gasteiger partial charge is 0.489 e. The lowest BCUT2D eigenvalue weighted by Gasteiger charge is -2.15. The summed E-state index contributed by atoms with van der Waals surface area (Å²) in [5, 5.41) is 9.93. The van der Waals surface area contributed by atoms with Crippen molar-refractivity contribution in [3.05, 3.63) is 33.6 Å². The summed E-state index contributed by atoms with van der Waals surface area (Å²) in [6.07, 6.45) is -2.89. The van der Waals surface area contributed by atoms with Crippen LogP contribution >= 0.6 is 11.3 Å². The number of likely N-dealkylation sites (N-methyl/N-ethyl adjacent to an activating group) is 1. The number of carbonyl (C=O) groups excluding carboxylic acids is 2. The Bertz CT molecular complexity index is 995. The zero-order valence-electron chi connectivity index (χ0n) is 15.2. The second kappa shape index (κ2) is 7.96. The van der Waals surface area contributed by atoms with Crippen LogP contribution in [0.4, 0.5) is 4.39 Å². The summed E-state index contributed by atoms with van der Waals surface area (Å²) in [4.78, 5) is 29.1. The fourth-order valence-electron chi connectivity index (χ4n) is 2.58. The van der Waals surface area contributed by atoms with Gasteiger partial charge < -0.3 is 20.5 Å². The number of fused-ring (bicyclic) bond motifs is 3. The number of thiazole rings is 1. The fourth-order valence-corrected chi connectivity index (χ4v) is 3.47. The summed E-state index contributed by atoms with van der Waals surface area (Å²) in [6.45, 7) is 2.03. The smallest absolute Gasteiger partial charge is 0.277 e. The quantitative estimate of drug-likeness (QED) is 0.756. The molecule has 9 heteroatoms. The number of ether oxygens (including phenoxy) is 1. The highest BCUT2D eigenvalue weighted by Crippen LogP contribution is 2.42. The van der Waals surface area contributed by atoms with E-state index in [2.05, 4.69) is 16.8 Å². The number of aliphatic hydroxyl groups is 1. The Morgan fingerprint density at radius 1 is 1.54 bits per heavy atom. The Morgan fingerprint density at radius 3 is 2.96 bits per heavy atom. The zero-order chi connectivity index (χ0) is 20.4. The van der Waals surface area contributed by atoms with E-state index >= 15 is 0 Å². The van der Waals surface area contributed by atoms with Crippen molar-refractivity contribution >= 4 is 23.2 Å². The van der Waals surface area contributed by atoms with E-state index < -0.39 is 24.1 Å². The minimum Gasteiger partial charge on any atom is -0.489 e. The Kier molecular flexibility index (Phi) is 5.63. The van der Waals surface area contributed by atoms with Gasteiger partial charge in [-0.2, -0.15) is 0 Å². The minimum absolute atomic E-state index is 0.0145. The standard InChI is InChI=1S/C19H18FN3O4S/c1-3-23(2)19(26)13(24)6-4-10-5-7-14-11(8-10)15-16(12(20)9-27-14)28-18(22-15)17(21)25/h5,7-8,12-13,24H,3,9H2,1-2H3,(H2,21,25)/t12-,13-/m1/s1. The molecular weight excluding hydrogens is 385 g/mol. The van der Waals surface area contributed by atoms with Crippen molar-refractivity contribution in [3.63, 3.8) is 0 Å². The summed E-state index contributed by atoms with van der Waals surface area (Å²) in [5.74, 6) is 4.40. The van der Waals surface area contributed by atoms with Crippen LogP contribution in [-0.2, 0) is 4.79 Å². The highest BCUT2D eigenvalue weighted by atomic mass is 32.1. The number of hydrogen-bond acceptors (Lipinski definition) is 6. The Morgan fingerprint density at radius 2 is 2.29 bits per heavy atom. The van der Waals surface area contributed by atoms with Gasteiger partial charge >= 0.3 is 0 Å². The zero-order valence-corrected chi connectivity index (χ0v) is 16.0. The minimum atomic E-state index is -1.45. The molecule has 0 saturated heterocycles. The molecule has 0 fully saturated rings. The van der Waals surface area contributed by atoms with E-state index in [0.717, 1.165) is 11.3 Å². The number of carbonyl (C=O) groups is 2. The number of halogens is 1. The predicted molar refractivity (Wildman–Crippen MR) is 102 cm³/mol. The van der Waals surface area contributed by atoms with Crippen LogP contribution < -0.4 is 10.5 Å². The number of benzene rings is 1. The average molecular weight is 403 g/mol. The van der Waals surface area contributed by atoms with Gasteiger partial charge in [0, 0.05) is 24.7 Å². The highest BCUT2D eigenvalue weighted by Gasteiger charge is 2.28. The highest BCUT2D eigenvalue weighted by molar-refractivity contribution is 7.14. The van der Waals surface area contributed by atoms with Crippen molar-refractivity contribution in [2.45, 2.75) is 19.2 Å². The van der Waals surface area contributed by atoms with Gasteiger partial charge in [-0.1, -0.05) is 11.8 Å². The molecule has 1 aromatic heterocycles. The molecule has 7 nitrogen and oxygen atoms in total. The van der Waals surface area contributed by atoms with Crippen molar-refractivity contribution in [2.24, 2.45) is 5.73 Å². The first-order valence-corrected chi connectivity index (χ1v) is 9.29. The first kappa shape index (κ1) is 19.8. The van der Waals surface area contributed by atoms with Crippen molar-refractivity contribution in [3.8, 4) is 28.8 Å². The second-order valence-corrected chi connectivity index (χ2v) is 7.14. The molecule has 3 N–H and O–H groups in total. The van der Waals surface area contributed by atoms with Crippen molar-refractivity contribution in [1.29, 1.82) is 0 Å². The van der Waals surface area contributed by atoms with Crippen molar-refractivity contribution in [1.82, 2.24) is 9.88 Å². The normalized spacial score (nSPS) is 15.8. The van der Waals surface area contributed by atoms with Crippen LogP contribution in [-0.4, -0.2) is 53.1 Å². The summed E-state index contributed by atoms with van der Waals surface area (Å²) < 4.78 is 19.9. The van der Waals surface area contributed by atoms with Crippen molar-refractivity contribution in [2.75, 3.05) is 20.2 Å². The third-order valence-electron chi connectivity index (χ3n) is 4.21. The lowest BCUT2D eigenvalue weighted by atomic mass is 10.1. The van der Waals surface area contributed by atoms with E-state index in [-0.39, 0.29) is 22.2 Å². The molecule has 2 heterocycles. The Balaban J connectivity index is 1.99. The van der Waals surface area contributed by atoms with Gasteiger partial charge in [0.25, 0.3) is 11.8 Å². The maximum atomic E-state index is 14.4. The van der Waals surface area contributed by atoms with E-state index in [1.54, 1.807) is 32.2 Å². The molecule has 1 aliphatic heterocycles. The van der Waals surface area contributed by atoms with Gasteiger partial charge in [0.05, 0.1) is 10.6 Å². The van der Waals surface area contributed by atoms with Gasteiger partial charge in [0.15, 0.2) is 17.3 Å². The maximum absolute atomic E-state index is 14.4. The molecule has 0 bridgehead atoms. The molecule has 1 aliphatic rings. The number of nitrogens with two attached hydrogens (primary N) is 1. The summed E-state index contributed by atoms with van der Waals surface area (Å²) in [5.41, 5.74) is 6.50. The predicted octanol–water partition coefficient (Wildman–Crippen LogP) is 1.50. The van der Waals surface area contributed by atoms with Crippen LogP contribution in [0.15, 0.2) is 18.2 Å². The van der Waals surface area contributed by atoms with Crippen LogP contribution in [0.1, 0.15) is 33.3 Å². The lowest BCUT2D eigenvalue weighted by molar-refractivity contribution is -0.135. The van der Waals surface area contributed by atoms with Gasteiger partial charge in [-0.3, -0.25) is 9.59 Å². The van der Waals surface area contributed by atoms with Gasteiger partial charge in [0.2, 0.25) is 0 Å². The summed E-state index contributed by atoms with van der Waals surface area (Å²) >= 11 is 0.895. The molecule has 0 radical (unpaired) electrons. The topological polar surface area (TPSA) is 106 Å².